The van der Waals surface area contributed by atoms with Crippen molar-refractivity contribution >= 4 is 28.9 Å². The number of hydrogen-bond acceptors (Lipinski definition) is 5. The number of rotatable bonds is 4. The van der Waals surface area contributed by atoms with Gasteiger partial charge in [0.15, 0.2) is 6.10 Å². The molecule has 162 valence electrons. The third-order valence-electron chi connectivity index (χ3n) is 6.17. The van der Waals surface area contributed by atoms with Crippen molar-refractivity contribution in [1.82, 2.24) is 0 Å². The SMILES string of the molecule is Cc1ccc(N2C(=O)[C@@H]3[C@@H](ON(c4ccccc4)[C@H]3c3ccc(N(C)C)cc3)C2=O)cc1. The predicted molar refractivity (Wildman–Crippen MR) is 124 cm³/mol. The number of benzene rings is 3. The lowest BCUT2D eigenvalue weighted by atomic mass is 9.90. The van der Waals surface area contributed by atoms with Crippen LogP contribution in [0.5, 0.6) is 0 Å². The van der Waals surface area contributed by atoms with Crippen LogP contribution >= 0.6 is 0 Å². The highest BCUT2D eigenvalue weighted by Crippen LogP contribution is 2.47. The van der Waals surface area contributed by atoms with Gasteiger partial charge in [0.25, 0.3) is 5.91 Å². The van der Waals surface area contributed by atoms with Crippen LogP contribution in [0.3, 0.4) is 0 Å². The van der Waals surface area contributed by atoms with E-state index >= 15 is 0 Å². The fourth-order valence-electron chi connectivity index (χ4n) is 4.47. The third-order valence-corrected chi connectivity index (χ3v) is 6.17. The van der Waals surface area contributed by atoms with Crippen LogP contribution < -0.4 is 14.9 Å². The monoisotopic (exact) mass is 427 g/mol. The zero-order chi connectivity index (χ0) is 22.4. The lowest BCUT2D eigenvalue weighted by molar-refractivity contribution is -0.126. The van der Waals surface area contributed by atoms with Crippen LogP contribution in [0.1, 0.15) is 17.2 Å². The van der Waals surface area contributed by atoms with E-state index in [0.29, 0.717) is 5.69 Å². The molecular weight excluding hydrogens is 402 g/mol. The van der Waals surface area contributed by atoms with Crippen molar-refractivity contribution in [3.05, 3.63) is 90.0 Å². The van der Waals surface area contributed by atoms with Crippen molar-refractivity contribution < 1.29 is 14.4 Å². The molecule has 2 aliphatic rings. The molecular formula is C26H25N3O3. The molecule has 2 heterocycles. The Bertz CT molecular complexity index is 1140. The molecule has 6 heteroatoms. The van der Waals surface area contributed by atoms with Gasteiger partial charge in [-0.25, -0.2) is 9.96 Å². The Morgan fingerprint density at radius 2 is 1.44 bits per heavy atom. The number of para-hydroxylation sites is 1. The highest BCUT2D eigenvalue weighted by molar-refractivity contribution is 6.23. The van der Waals surface area contributed by atoms with Crippen LogP contribution in [0.2, 0.25) is 0 Å². The second kappa shape index (κ2) is 7.80. The van der Waals surface area contributed by atoms with Gasteiger partial charge in [-0.2, -0.15) is 0 Å². The van der Waals surface area contributed by atoms with Gasteiger partial charge < -0.3 is 4.90 Å². The van der Waals surface area contributed by atoms with Gasteiger partial charge in [0.1, 0.15) is 5.92 Å². The van der Waals surface area contributed by atoms with Crippen molar-refractivity contribution in [1.29, 1.82) is 0 Å². The zero-order valence-electron chi connectivity index (χ0n) is 18.3. The first kappa shape index (κ1) is 20.3. The van der Waals surface area contributed by atoms with E-state index in [-0.39, 0.29) is 11.8 Å². The Balaban J connectivity index is 1.56. The molecule has 2 aliphatic heterocycles. The van der Waals surface area contributed by atoms with Gasteiger partial charge in [-0.1, -0.05) is 48.0 Å². The van der Waals surface area contributed by atoms with Gasteiger partial charge in [-0.15, -0.1) is 0 Å². The summed E-state index contributed by atoms with van der Waals surface area (Å²) in [6, 6.07) is 24.7. The zero-order valence-corrected chi connectivity index (χ0v) is 18.3. The molecule has 0 saturated carbocycles. The van der Waals surface area contributed by atoms with E-state index in [1.165, 1.54) is 4.90 Å². The summed E-state index contributed by atoms with van der Waals surface area (Å²) in [5.41, 5.74) is 4.45. The van der Waals surface area contributed by atoms with Crippen LogP contribution in [-0.4, -0.2) is 32.0 Å². The number of hydrogen-bond donors (Lipinski definition) is 0. The summed E-state index contributed by atoms with van der Waals surface area (Å²) >= 11 is 0. The lowest BCUT2D eigenvalue weighted by Gasteiger charge is -2.29. The number of carbonyl (C=O) groups excluding carboxylic acids is 2. The van der Waals surface area contributed by atoms with Gasteiger partial charge in [-0.05, 0) is 48.9 Å². The number of anilines is 3. The van der Waals surface area contributed by atoms with Crippen LogP contribution in [0, 0.1) is 12.8 Å². The molecule has 0 aromatic heterocycles. The average Bonchev–Trinajstić information content (AvgIpc) is 3.31. The molecule has 0 aliphatic carbocycles. The maximum atomic E-state index is 13.6. The Morgan fingerprint density at radius 1 is 0.781 bits per heavy atom. The van der Waals surface area contributed by atoms with Crippen LogP contribution in [0.15, 0.2) is 78.9 Å². The largest absolute Gasteiger partial charge is 0.378 e. The number of imide groups is 1. The molecule has 0 radical (unpaired) electrons. The standard InChI is InChI=1S/C26H25N3O3/c1-17-9-13-20(14-10-17)28-25(30)22-23(18-11-15-19(16-12-18)27(2)3)29(32-24(22)26(28)31)21-7-5-4-6-8-21/h4-16,22-24H,1-3H3/t22-,23-,24+/m0/s1. The molecule has 0 N–H and O–H groups in total. The summed E-state index contributed by atoms with van der Waals surface area (Å²) in [5, 5.41) is 1.72. The maximum absolute atomic E-state index is 13.6. The third kappa shape index (κ3) is 3.24. The Kier molecular flexibility index (Phi) is 4.94. The smallest absolute Gasteiger partial charge is 0.266 e. The first-order valence-corrected chi connectivity index (χ1v) is 10.7. The fraction of sp³-hybridized carbons (Fsp3) is 0.231. The second-order valence-electron chi connectivity index (χ2n) is 8.49. The predicted octanol–water partition coefficient (Wildman–Crippen LogP) is 4.11. The topological polar surface area (TPSA) is 53.1 Å². The highest BCUT2D eigenvalue weighted by atomic mass is 16.7. The van der Waals surface area contributed by atoms with E-state index in [4.69, 9.17) is 4.84 Å². The van der Waals surface area contributed by atoms with Crippen molar-refractivity contribution in [2.24, 2.45) is 5.92 Å². The summed E-state index contributed by atoms with van der Waals surface area (Å²) in [7, 11) is 3.97. The van der Waals surface area contributed by atoms with E-state index in [9.17, 15) is 9.59 Å². The molecule has 5 rings (SSSR count). The van der Waals surface area contributed by atoms with E-state index in [1.54, 1.807) is 5.06 Å². The van der Waals surface area contributed by atoms with Crippen molar-refractivity contribution in [2.45, 2.75) is 19.1 Å². The van der Waals surface area contributed by atoms with E-state index in [0.717, 1.165) is 22.5 Å². The molecule has 2 fully saturated rings. The van der Waals surface area contributed by atoms with E-state index in [1.807, 2.05) is 105 Å². The first-order valence-electron chi connectivity index (χ1n) is 10.7. The minimum Gasteiger partial charge on any atom is -0.378 e. The summed E-state index contributed by atoms with van der Waals surface area (Å²) in [4.78, 5) is 36.4. The number of hydroxylamine groups is 1. The lowest BCUT2D eigenvalue weighted by Crippen LogP contribution is -2.37. The van der Waals surface area contributed by atoms with Crippen LogP contribution in [0.25, 0.3) is 0 Å². The Hall–Kier alpha value is -3.64. The summed E-state index contributed by atoms with van der Waals surface area (Å²) in [6.45, 7) is 1.97. The minimum atomic E-state index is -0.859. The van der Waals surface area contributed by atoms with Gasteiger partial charge in [0.05, 0.1) is 17.4 Å². The first-order chi connectivity index (χ1) is 15.5. The number of aryl methyl sites for hydroxylation is 1. The molecule has 3 aromatic carbocycles. The molecule has 0 spiro atoms. The van der Waals surface area contributed by atoms with Crippen LogP contribution in [-0.2, 0) is 14.4 Å². The maximum Gasteiger partial charge on any atom is 0.266 e. The normalized spacial score (nSPS) is 22.4. The molecule has 3 aromatic rings. The van der Waals surface area contributed by atoms with Gasteiger partial charge >= 0.3 is 0 Å². The average molecular weight is 428 g/mol. The summed E-state index contributed by atoms with van der Waals surface area (Å²) in [6.07, 6.45) is -0.859. The summed E-state index contributed by atoms with van der Waals surface area (Å²) < 4.78 is 0. The van der Waals surface area contributed by atoms with E-state index < -0.39 is 18.1 Å². The van der Waals surface area contributed by atoms with Gasteiger partial charge in [0.2, 0.25) is 5.91 Å². The highest BCUT2D eigenvalue weighted by Gasteiger charge is 2.60. The quantitative estimate of drug-likeness (QED) is 0.587. The number of amides is 2. The summed E-state index contributed by atoms with van der Waals surface area (Å²) in [5.74, 6) is -1.18. The Morgan fingerprint density at radius 3 is 2.06 bits per heavy atom. The number of nitrogens with zero attached hydrogens (tertiary/aromatic N) is 3. The molecule has 2 saturated heterocycles. The number of fused-ring (bicyclic) bond motifs is 1. The molecule has 32 heavy (non-hydrogen) atoms. The Labute approximate surface area is 187 Å². The van der Waals surface area contributed by atoms with Gasteiger partial charge in [-0.3, -0.25) is 14.4 Å². The molecule has 6 nitrogen and oxygen atoms in total. The second-order valence-corrected chi connectivity index (χ2v) is 8.49. The minimum absolute atomic E-state index is 0.232. The molecule has 2 amide bonds. The van der Waals surface area contributed by atoms with E-state index in [2.05, 4.69) is 0 Å². The van der Waals surface area contributed by atoms with Crippen molar-refractivity contribution in [3.8, 4) is 0 Å². The van der Waals surface area contributed by atoms with Crippen molar-refractivity contribution in [2.75, 3.05) is 29.0 Å². The molecule has 0 bridgehead atoms. The molecule has 3 atom stereocenters. The fourth-order valence-corrected chi connectivity index (χ4v) is 4.47. The number of carbonyl (C=O) groups is 2. The van der Waals surface area contributed by atoms with Gasteiger partial charge in [0, 0.05) is 19.8 Å². The van der Waals surface area contributed by atoms with Crippen molar-refractivity contribution in [3.63, 3.8) is 0 Å². The molecule has 0 unspecified atom stereocenters. The van der Waals surface area contributed by atoms with Crippen LogP contribution in [0.4, 0.5) is 17.1 Å².